The number of carboxylic acids is 1. The zero-order chi connectivity index (χ0) is 19.9. The number of anilines is 1. The highest BCUT2D eigenvalue weighted by Crippen LogP contribution is 2.23. The normalized spacial score (nSPS) is 14.6. The predicted octanol–water partition coefficient (Wildman–Crippen LogP) is 2.00. The van der Waals surface area contributed by atoms with Crippen molar-refractivity contribution in [3.8, 4) is 5.75 Å². The van der Waals surface area contributed by atoms with E-state index in [9.17, 15) is 19.5 Å². The summed E-state index contributed by atoms with van der Waals surface area (Å²) < 4.78 is 5.43. The van der Waals surface area contributed by atoms with Crippen LogP contribution >= 0.6 is 0 Å². The maximum Gasteiger partial charge on any atom is 0.326 e. The van der Waals surface area contributed by atoms with Crippen molar-refractivity contribution in [2.45, 2.75) is 25.3 Å². The van der Waals surface area contributed by atoms with Crippen LogP contribution < -0.4 is 15.0 Å². The lowest BCUT2D eigenvalue weighted by Crippen LogP contribution is -2.44. The molecule has 1 saturated heterocycles. The summed E-state index contributed by atoms with van der Waals surface area (Å²) in [6.45, 7) is 0.417. The molecule has 0 aliphatic carbocycles. The van der Waals surface area contributed by atoms with Crippen molar-refractivity contribution in [2.24, 2.45) is 0 Å². The Morgan fingerprint density at radius 1 is 1.11 bits per heavy atom. The number of nitrogens with zero attached hydrogens (tertiary/aromatic N) is 1. The number of aliphatic carboxylic acids is 1. The molecular formula is C21H22N2O5. The van der Waals surface area contributed by atoms with Crippen LogP contribution in [0.4, 0.5) is 5.69 Å². The van der Waals surface area contributed by atoms with Gasteiger partial charge in [0.25, 0.3) is 5.91 Å². The Balaban J connectivity index is 1.51. The first-order valence-corrected chi connectivity index (χ1v) is 9.12. The smallest absolute Gasteiger partial charge is 0.326 e. The number of ether oxygens (including phenoxy) is 1. The summed E-state index contributed by atoms with van der Waals surface area (Å²) in [6, 6.07) is 15.0. The molecule has 2 aromatic carbocycles. The SMILES string of the molecule is O=C(COc1ccc(N2CCCC2=O)cc1)N[C@@H](Cc1ccccc1)C(=O)O. The molecule has 0 aromatic heterocycles. The number of carbonyl (C=O) groups is 3. The van der Waals surface area contributed by atoms with Crippen LogP contribution in [0.3, 0.4) is 0 Å². The number of benzene rings is 2. The maximum absolute atomic E-state index is 12.1. The number of hydrogen-bond acceptors (Lipinski definition) is 4. The van der Waals surface area contributed by atoms with Crippen molar-refractivity contribution in [2.75, 3.05) is 18.1 Å². The molecule has 1 atom stereocenters. The quantitative estimate of drug-likeness (QED) is 0.728. The van der Waals surface area contributed by atoms with Crippen LogP contribution in [0, 0.1) is 0 Å². The molecule has 0 radical (unpaired) electrons. The van der Waals surface area contributed by atoms with E-state index in [4.69, 9.17) is 4.74 Å². The first-order chi connectivity index (χ1) is 13.5. The second kappa shape index (κ2) is 9.03. The van der Waals surface area contributed by atoms with Crippen molar-refractivity contribution in [3.05, 3.63) is 60.2 Å². The highest BCUT2D eigenvalue weighted by molar-refractivity contribution is 5.95. The zero-order valence-corrected chi connectivity index (χ0v) is 15.3. The second-order valence-corrected chi connectivity index (χ2v) is 6.58. The van der Waals surface area contributed by atoms with E-state index < -0.39 is 17.9 Å². The summed E-state index contributed by atoms with van der Waals surface area (Å²) >= 11 is 0. The average molecular weight is 382 g/mol. The fourth-order valence-electron chi connectivity index (χ4n) is 3.08. The Bertz CT molecular complexity index is 836. The molecule has 0 bridgehead atoms. The lowest BCUT2D eigenvalue weighted by atomic mass is 10.1. The van der Waals surface area contributed by atoms with Crippen LogP contribution in [0.25, 0.3) is 0 Å². The van der Waals surface area contributed by atoms with E-state index in [-0.39, 0.29) is 18.9 Å². The molecule has 3 rings (SSSR count). The lowest BCUT2D eigenvalue weighted by molar-refractivity contribution is -0.142. The van der Waals surface area contributed by atoms with E-state index >= 15 is 0 Å². The Hall–Kier alpha value is -3.35. The van der Waals surface area contributed by atoms with Crippen molar-refractivity contribution in [3.63, 3.8) is 0 Å². The fraction of sp³-hybridized carbons (Fsp3) is 0.286. The molecule has 2 aromatic rings. The van der Waals surface area contributed by atoms with Gasteiger partial charge in [0.1, 0.15) is 11.8 Å². The van der Waals surface area contributed by atoms with Gasteiger partial charge in [-0.2, -0.15) is 0 Å². The van der Waals surface area contributed by atoms with Crippen LogP contribution in [0.2, 0.25) is 0 Å². The van der Waals surface area contributed by atoms with E-state index in [1.54, 1.807) is 29.2 Å². The molecule has 1 aliphatic rings. The Morgan fingerprint density at radius 3 is 2.43 bits per heavy atom. The van der Waals surface area contributed by atoms with Crippen molar-refractivity contribution >= 4 is 23.5 Å². The van der Waals surface area contributed by atoms with E-state index in [0.29, 0.717) is 18.7 Å². The van der Waals surface area contributed by atoms with Gasteiger partial charge in [-0.25, -0.2) is 4.79 Å². The average Bonchev–Trinajstić information content (AvgIpc) is 3.13. The van der Waals surface area contributed by atoms with E-state index in [1.165, 1.54) is 0 Å². The van der Waals surface area contributed by atoms with Crippen LogP contribution in [-0.4, -0.2) is 42.1 Å². The minimum atomic E-state index is -1.10. The summed E-state index contributed by atoms with van der Waals surface area (Å²) in [7, 11) is 0. The fourth-order valence-corrected chi connectivity index (χ4v) is 3.08. The third kappa shape index (κ3) is 5.09. The largest absolute Gasteiger partial charge is 0.484 e. The maximum atomic E-state index is 12.1. The number of rotatable bonds is 8. The van der Waals surface area contributed by atoms with E-state index in [0.717, 1.165) is 17.7 Å². The summed E-state index contributed by atoms with van der Waals surface area (Å²) in [6.07, 6.45) is 1.61. The van der Waals surface area contributed by atoms with Crippen LogP contribution in [-0.2, 0) is 20.8 Å². The Labute approximate surface area is 162 Å². The van der Waals surface area contributed by atoms with Gasteiger partial charge in [0.15, 0.2) is 6.61 Å². The topological polar surface area (TPSA) is 95.9 Å². The highest BCUT2D eigenvalue weighted by atomic mass is 16.5. The van der Waals surface area contributed by atoms with Gasteiger partial charge in [0, 0.05) is 25.1 Å². The van der Waals surface area contributed by atoms with Crippen LogP contribution in [0.5, 0.6) is 5.75 Å². The van der Waals surface area contributed by atoms with Crippen molar-refractivity contribution < 1.29 is 24.2 Å². The van der Waals surface area contributed by atoms with E-state index in [2.05, 4.69) is 5.32 Å². The third-order valence-corrected chi connectivity index (χ3v) is 4.51. The molecule has 7 heteroatoms. The Kier molecular flexibility index (Phi) is 6.26. The Morgan fingerprint density at radius 2 is 1.82 bits per heavy atom. The number of carboxylic acid groups (broad SMARTS) is 1. The minimum absolute atomic E-state index is 0.103. The number of carbonyl (C=O) groups excluding carboxylic acids is 2. The molecule has 2 amide bonds. The molecule has 7 nitrogen and oxygen atoms in total. The van der Waals surface area contributed by atoms with Crippen LogP contribution in [0.15, 0.2) is 54.6 Å². The molecular weight excluding hydrogens is 360 g/mol. The molecule has 2 N–H and O–H groups in total. The van der Waals surface area contributed by atoms with Gasteiger partial charge < -0.3 is 20.1 Å². The van der Waals surface area contributed by atoms with Gasteiger partial charge in [0.2, 0.25) is 5.91 Å². The zero-order valence-electron chi connectivity index (χ0n) is 15.3. The summed E-state index contributed by atoms with van der Waals surface area (Å²) in [5.41, 5.74) is 1.62. The lowest BCUT2D eigenvalue weighted by Gasteiger charge is -2.17. The van der Waals surface area contributed by atoms with Gasteiger partial charge in [0.05, 0.1) is 0 Å². The van der Waals surface area contributed by atoms with E-state index in [1.807, 2.05) is 30.3 Å². The molecule has 146 valence electrons. The molecule has 1 heterocycles. The van der Waals surface area contributed by atoms with Crippen molar-refractivity contribution in [1.29, 1.82) is 0 Å². The first kappa shape index (κ1) is 19.4. The van der Waals surface area contributed by atoms with Crippen LogP contribution in [0.1, 0.15) is 18.4 Å². The minimum Gasteiger partial charge on any atom is -0.484 e. The number of amides is 2. The van der Waals surface area contributed by atoms with Gasteiger partial charge in [-0.15, -0.1) is 0 Å². The third-order valence-electron chi connectivity index (χ3n) is 4.51. The molecule has 0 saturated carbocycles. The molecule has 28 heavy (non-hydrogen) atoms. The van der Waals surface area contributed by atoms with Gasteiger partial charge in [-0.05, 0) is 36.2 Å². The second-order valence-electron chi connectivity index (χ2n) is 6.58. The summed E-state index contributed by atoms with van der Waals surface area (Å²) in [5.74, 6) is -1.04. The summed E-state index contributed by atoms with van der Waals surface area (Å²) in [5, 5.41) is 11.8. The van der Waals surface area contributed by atoms with Gasteiger partial charge >= 0.3 is 5.97 Å². The standard InChI is InChI=1S/C21H22N2O5/c24-19(22-18(21(26)27)13-15-5-2-1-3-6-15)14-28-17-10-8-16(9-11-17)23-12-4-7-20(23)25/h1-3,5-6,8-11,18H,4,7,12-14H2,(H,22,24)(H,26,27)/t18-/m0/s1. The number of hydrogen-bond donors (Lipinski definition) is 2. The first-order valence-electron chi connectivity index (χ1n) is 9.12. The number of nitrogens with one attached hydrogen (secondary N) is 1. The molecule has 0 spiro atoms. The predicted molar refractivity (Wildman–Crippen MR) is 103 cm³/mol. The van der Waals surface area contributed by atoms with Gasteiger partial charge in [-0.1, -0.05) is 30.3 Å². The molecule has 1 fully saturated rings. The van der Waals surface area contributed by atoms with Crippen molar-refractivity contribution in [1.82, 2.24) is 5.32 Å². The monoisotopic (exact) mass is 382 g/mol. The molecule has 0 unspecified atom stereocenters. The van der Waals surface area contributed by atoms with Gasteiger partial charge in [-0.3, -0.25) is 9.59 Å². The summed E-state index contributed by atoms with van der Waals surface area (Å²) in [4.78, 5) is 37.0. The highest BCUT2D eigenvalue weighted by Gasteiger charge is 2.22. The molecule has 1 aliphatic heterocycles.